The molecule has 0 aliphatic carbocycles. The average Bonchev–Trinajstić information content (AvgIpc) is 2.45. The summed E-state index contributed by atoms with van der Waals surface area (Å²) >= 11 is 0. The predicted molar refractivity (Wildman–Crippen MR) is 88.2 cm³/mol. The maximum absolute atomic E-state index is 4.82. The summed E-state index contributed by atoms with van der Waals surface area (Å²) in [6.07, 6.45) is 4.12. The third kappa shape index (κ3) is 13.7. The van der Waals surface area contributed by atoms with Gasteiger partial charge in [0.25, 0.3) is 0 Å². The SMILES string of the molecule is CC(C)N1C=CN(C)[CH-]1.C[Si](C)(C)[N-][Si](C)(C)C.[La]. The molecular formula is C13H31LaN3Si2-2. The van der Waals surface area contributed by atoms with Gasteiger partial charge in [-0.3, -0.25) is 0 Å². The summed E-state index contributed by atoms with van der Waals surface area (Å²) in [4.78, 5) is 4.21. The van der Waals surface area contributed by atoms with Gasteiger partial charge in [-0.1, -0.05) is 55.8 Å². The average molecular weight is 424 g/mol. The molecule has 111 valence electrons. The molecule has 1 aliphatic rings. The Morgan fingerprint density at radius 1 is 0.947 bits per heavy atom. The van der Waals surface area contributed by atoms with Crippen molar-refractivity contribution in [2.75, 3.05) is 7.05 Å². The quantitative estimate of drug-likeness (QED) is 0.499. The van der Waals surface area contributed by atoms with Crippen molar-refractivity contribution >= 4 is 16.5 Å². The third-order valence-corrected chi connectivity index (χ3v) is 7.42. The molecule has 0 aromatic carbocycles. The first-order valence-corrected chi connectivity index (χ1v) is 13.6. The van der Waals surface area contributed by atoms with Crippen LogP contribution in [0.25, 0.3) is 4.65 Å². The van der Waals surface area contributed by atoms with E-state index in [9.17, 15) is 0 Å². The van der Waals surface area contributed by atoms with E-state index in [4.69, 9.17) is 4.65 Å². The van der Waals surface area contributed by atoms with Crippen molar-refractivity contribution in [3.05, 3.63) is 23.7 Å². The van der Waals surface area contributed by atoms with Crippen LogP contribution >= 0.6 is 0 Å². The number of nitrogens with zero attached hydrogens (tertiary/aromatic N) is 3. The minimum absolute atomic E-state index is 0. The van der Waals surface area contributed by atoms with E-state index in [2.05, 4.69) is 70.9 Å². The van der Waals surface area contributed by atoms with E-state index in [1.807, 2.05) is 18.1 Å². The van der Waals surface area contributed by atoms with Gasteiger partial charge in [0, 0.05) is 35.6 Å². The number of rotatable bonds is 3. The first kappa shape index (κ1) is 22.2. The zero-order valence-electron chi connectivity index (χ0n) is 14.2. The van der Waals surface area contributed by atoms with E-state index in [-0.39, 0.29) is 35.6 Å². The van der Waals surface area contributed by atoms with Crippen LogP contribution in [0, 0.1) is 42.3 Å². The van der Waals surface area contributed by atoms with Gasteiger partial charge in [-0.15, -0.1) is 0 Å². The van der Waals surface area contributed by atoms with Gasteiger partial charge >= 0.3 is 0 Å². The van der Waals surface area contributed by atoms with Crippen LogP contribution < -0.4 is 0 Å². The minimum atomic E-state index is -1.11. The molecule has 3 nitrogen and oxygen atoms in total. The Morgan fingerprint density at radius 2 is 1.37 bits per heavy atom. The Kier molecular flexibility index (Phi) is 10.6. The predicted octanol–water partition coefficient (Wildman–Crippen LogP) is 4.26. The van der Waals surface area contributed by atoms with E-state index < -0.39 is 16.5 Å². The molecule has 1 aliphatic heterocycles. The molecule has 6 heteroatoms. The Bertz CT molecular complexity index is 258. The minimum Gasteiger partial charge on any atom is -0.668 e. The van der Waals surface area contributed by atoms with Crippen LogP contribution in [0.3, 0.4) is 0 Å². The molecule has 0 bridgehead atoms. The van der Waals surface area contributed by atoms with Crippen LogP contribution in [0.15, 0.2) is 12.4 Å². The molecule has 0 saturated heterocycles. The fraction of sp³-hybridized carbons (Fsp3) is 0.769. The fourth-order valence-electron chi connectivity index (χ4n) is 1.78. The normalized spacial score (nSPS) is 15.3. The maximum atomic E-state index is 4.82. The van der Waals surface area contributed by atoms with Gasteiger partial charge in [-0.2, -0.15) is 6.67 Å². The second-order valence-electron chi connectivity index (χ2n) is 7.07. The van der Waals surface area contributed by atoms with E-state index >= 15 is 0 Å². The Balaban J connectivity index is 0. The summed E-state index contributed by atoms with van der Waals surface area (Å²) in [5.41, 5.74) is 0. The molecule has 0 atom stereocenters. The van der Waals surface area contributed by atoms with Gasteiger partial charge in [0.15, 0.2) is 0 Å². The van der Waals surface area contributed by atoms with Crippen molar-refractivity contribution in [3.63, 3.8) is 0 Å². The van der Waals surface area contributed by atoms with Gasteiger partial charge < -0.3 is 14.4 Å². The monoisotopic (exact) mass is 424 g/mol. The van der Waals surface area contributed by atoms with Gasteiger partial charge in [0.05, 0.1) is 0 Å². The molecule has 1 radical (unpaired) electrons. The van der Waals surface area contributed by atoms with Crippen molar-refractivity contribution in [2.24, 2.45) is 0 Å². The molecule has 0 fully saturated rings. The molecule has 1 rings (SSSR count). The summed E-state index contributed by atoms with van der Waals surface area (Å²) in [6, 6.07) is 0.575. The van der Waals surface area contributed by atoms with E-state index in [1.165, 1.54) is 0 Å². The van der Waals surface area contributed by atoms with Crippen LogP contribution in [-0.4, -0.2) is 39.4 Å². The maximum Gasteiger partial charge on any atom is 0 e. The van der Waals surface area contributed by atoms with Crippen LogP contribution in [0.1, 0.15) is 13.8 Å². The molecule has 1 heterocycles. The first-order chi connectivity index (χ1) is 7.91. The summed E-state index contributed by atoms with van der Waals surface area (Å²) in [7, 11) is -0.185. The van der Waals surface area contributed by atoms with E-state index in [1.54, 1.807) is 0 Å². The van der Waals surface area contributed by atoms with E-state index in [0.29, 0.717) is 6.04 Å². The first-order valence-electron chi connectivity index (χ1n) is 6.67. The summed E-state index contributed by atoms with van der Waals surface area (Å²) < 4.78 is 4.82. The second-order valence-corrected chi connectivity index (χ2v) is 16.7. The molecule has 0 spiro atoms. The zero-order valence-corrected chi connectivity index (χ0v) is 19.9. The van der Waals surface area contributed by atoms with Crippen molar-refractivity contribution in [1.82, 2.24) is 9.80 Å². The van der Waals surface area contributed by atoms with Crippen molar-refractivity contribution in [3.8, 4) is 0 Å². The Labute approximate surface area is 151 Å². The van der Waals surface area contributed by atoms with Gasteiger partial charge in [-0.05, 0) is 39.3 Å². The van der Waals surface area contributed by atoms with Crippen molar-refractivity contribution in [1.29, 1.82) is 0 Å². The zero-order chi connectivity index (χ0) is 14.6. The third-order valence-electron chi connectivity index (χ3n) is 2.06. The molecule has 19 heavy (non-hydrogen) atoms. The summed E-state index contributed by atoms with van der Waals surface area (Å²) in [6.45, 7) is 20.2. The topological polar surface area (TPSA) is 20.6 Å². The fourth-order valence-corrected chi connectivity index (χ4v) is 9.83. The number of hydrogen-bond donors (Lipinski definition) is 0. The number of hydrogen-bond acceptors (Lipinski definition) is 2. The molecule has 0 saturated carbocycles. The molecule has 0 amide bonds. The molecule has 0 N–H and O–H groups in total. The van der Waals surface area contributed by atoms with E-state index in [0.717, 1.165) is 0 Å². The largest absolute Gasteiger partial charge is 0.668 e. The van der Waals surface area contributed by atoms with Gasteiger partial charge in [0.2, 0.25) is 0 Å². The van der Waals surface area contributed by atoms with Crippen LogP contribution in [0.5, 0.6) is 0 Å². The summed E-state index contributed by atoms with van der Waals surface area (Å²) in [5, 5.41) is 0. The van der Waals surface area contributed by atoms with Gasteiger partial charge in [-0.25, -0.2) is 0 Å². The van der Waals surface area contributed by atoms with Crippen LogP contribution in [0.4, 0.5) is 0 Å². The van der Waals surface area contributed by atoms with Crippen molar-refractivity contribution < 1.29 is 35.6 Å². The van der Waals surface area contributed by atoms with Crippen LogP contribution in [0.2, 0.25) is 39.3 Å². The molecule has 0 unspecified atom stereocenters. The molecular weight excluding hydrogens is 393 g/mol. The second kappa shape index (κ2) is 9.05. The molecule has 0 aromatic rings. The van der Waals surface area contributed by atoms with Gasteiger partial charge in [0.1, 0.15) is 0 Å². The van der Waals surface area contributed by atoms with Crippen molar-refractivity contribution in [2.45, 2.75) is 59.2 Å². The Hall–Kier alpha value is 0.929. The molecule has 0 aromatic heterocycles. The Morgan fingerprint density at radius 3 is 1.47 bits per heavy atom. The smallest absolute Gasteiger partial charge is 0 e. The summed E-state index contributed by atoms with van der Waals surface area (Å²) in [5.74, 6) is 0. The standard InChI is InChI=1S/C7H13N2.C6H18NSi2.La/c1-7(2)9-5-4-8(3)6-9;1-8(2,3)7-9(4,5)6;/h4-7H,1-3H3;1-6H3;/q2*-1;. The van der Waals surface area contributed by atoms with Crippen LogP contribution in [-0.2, 0) is 0 Å².